The molecule has 0 saturated heterocycles. The molecule has 1 aromatic heterocycles. The summed E-state index contributed by atoms with van der Waals surface area (Å²) in [7, 11) is 0. The molecule has 0 fully saturated rings. The molecule has 4 aromatic rings. The predicted molar refractivity (Wildman–Crippen MR) is 134 cm³/mol. The van der Waals surface area contributed by atoms with Crippen molar-refractivity contribution in [2.75, 3.05) is 10.6 Å². The van der Waals surface area contributed by atoms with Gasteiger partial charge in [-0.05, 0) is 34.9 Å². The molecular weight excluding hydrogens is 447 g/mol. The fourth-order valence-electron chi connectivity index (χ4n) is 3.66. The van der Waals surface area contributed by atoms with Crippen LogP contribution in [-0.4, -0.2) is 15.5 Å². The molecule has 0 radical (unpaired) electrons. The van der Waals surface area contributed by atoms with Gasteiger partial charge in [-0.1, -0.05) is 72.8 Å². The highest BCUT2D eigenvalue weighted by molar-refractivity contribution is 6.05. The normalized spacial score (nSPS) is 11.0. The van der Waals surface area contributed by atoms with Gasteiger partial charge in [0.1, 0.15) is 11.6 Å². The summed E-state index contributed by atoms with van der Waals surface area (Å²) in [5.74, 6) is -1.12. The SMILES string of the molecule is Nc1c(N(Cc2ccccc2)C(=O)/C=C/c2cccc(F)c2)c(=O)[nH]c(=O)n1Cc1ccccc1. The highest BCUT2D eigenvalue weighted by Crippen LogP contribution is 2.21. The maximum Gasteiger partial charge on any atom is 0.330 e. The molecule has 1 heterocycles. The van der Waals surface area contributed by atoms with E-state index < -0.39 is 23.0 Å². The average molecular weight is 471 g/mol. The minimum atomic E-state index is -0.778. The first kappa shape index (κ1) is 23.4. The molecular formula is C27H23FN4O3. The highest BCUT2D eigenvalue weighted by Gasteiger charge is 2.23. The molecule has 176 valence electrons. The third-order valence-electron chi connectivity index (χ3n) is 5.38. The Labute approximate surface area is 200 Å². The van der Waals surface area contributed by atoms with Crippen LogP contribution in [0.3, 0.4) is 0 Å². The summed E-state index contributed by atoms with van der Waals surface area (Å²) < 4.78 is 14.8. The van der Waals surface area contributed by atoms with Crippen LogP contribution in [0.5, 0.6) is 0 Å². The van der Waals surface area contributed by atoms with E-state index in [2.05, 4.69) is 4.98 Å². The van der Waals surface area contributed by atoms with Crippen molar-refractivity contribution in [3.8, 4) is 0 Å². The van der Waals surface area contributed by atoms with Crippen molar-refractivity contribution in [3.05, 3.63) is 134 Å². The number of anilines is 2. The van der Waals surface area contributed by atoms with Gasteiger partial charge in [-0.2, -0.15) is 0 Å². The van der Waals surface area contributed by atoms with E-state index in [-0.39, 0.29) is 24.6 Å². The molecule has 0 spiro atoms. The van der Waals surface area contributed by atoms with Crippen LogP contribution in [0.15, 0.2) is 101 Å². The van der Waals surface area contributed by atoms with Crippen LogP contribution in [0.4, 0.5) is 15.9 Å². The standard InChI is InChI=1S/C27H23FN4O3/c28-22-13-7-12-19(16-22)14-15-23(33)31(17-20-8-3-1-4-9-20)24-25(29)32(27(35)30-26(24)34)18-21-10-5-2-6-11-21/h1-16H,17-18,29H2,(H,30,34,35)/b15-14+. The minimum Gasteiger partial charge on any atom is -0.383 e. The van der Waals surface area contributed by atoms with E-state index in [9.17, 15) is 18.8 Å². The number of halogens is 1. The third-order valence-corrected chi connectivity index (χ3v) is 5.38. The monoisotopic (exact) mass is 470 g/mol. The zero-order valence-electron chi connectivity index (χ0n) is 18.7. The maximum atomic E-state index is 13.5. The largest absolute Gasteiger partial charge is 0.383 e. The van der Waals surface area contributed by atoms with Crippen molar-refractivity contribution in [1.82, 2.24) is 9.55 Å². The maximum absolute atomic E-state index is 13.5. The van der Waals surface area contributed by atoms with E-state index in [1.54, 1.807) is 18.2 Å². The number of H-pyrrole nitrogens is 1. The Bertz CT molecular complexity index is 1480. The average Bonchev–Trinajstić information content (AvgIpc) is 2.86. The van der Waals surface area contributed by atoms with Crippen LogP contribution in [-0.2, 0) is 17.9 Å². The van der Waals surface area contributed by atoms with Crippen LogP contribution in [0.1, 0.15) is 16.7 Å². The number of amides is 1. The topological polar surface area (TPSA) is 101 Å². The number of hydrogen-bond acceptors (Lipinski definition) is 4. The number of nitrogens with one attached hydrogen (secondary N) is 1. The zero-order chi connectivity index (χ0) is 24.8. The van der Waals surface area contributed by atoms with Gasteiger partial charge in [-0.15, -0.1) is 0 Å². The zero-order valence-corrected chi connectivity index (χ0v) is 18.7. The van der Waals surface area contributed by atoms with Crippen LogP contribution >= 0.6 is 0 Å². The van der Waals surface area contributed by atoms with Gasteiger partial charge < -0.3 is 5.73 Å². The molecule has 0 aliphatic heterocycles. The Kier molecular flexibility index (Phi) is 7.02. The lowest BCUT2D eigenvalue weighted by atomic mass is 10.1. The summed E-state index contributed by atoms with van der Waals surface area (Å²) in [6.07, 6.45) is 2.69. The van der Waals surface area contributed by atoms with Gasteiger partial charge in [0.05, 0.1) is 13.1 Å². The summed E-state index contributed by atoms with van der Waals surface area (Å²) in [5, 5.41) is 0. The lowest BCUT2D eigenvalue weighted by molar-refractivity contribution is -0.114. The molecule has 8 heteroatoms. The lowest BCUT2D eigenvalue weighted by Gasteiger charge is -2.23. The summed E-state index contributed by atoms with van der Waals surface area (Å²) in [4.78, 5) is 42.3. The molecule has 0 bridgehead atoms. The van der Waals surface area contributed by atoms with Crippen LogP contribution in [0.25, 0.3) is 6.08 Å². The second-order valence-electron chi connectivity index (χ2n) is 7.86. The van der Waals surface area contributed by atoms with Gasteiger partial charge in [0.25, 0.3) is 11.5 Å². The van der Waals surface area contributed by atoms with E-state index in [0.717, 1.165) is 11.1 Å². The van der Waals surface area contributed by atoms with Crippen LogP contribution in [0, 0.1) is 5.82 Å². The smallest absolute Gasteiger partial charge is 0.330 e. The minimum absolute atomic E-state index is 0.0317. The quantitative estimate of drug-likeness (QED) is 0.403. The number of aromatic amines is 1. The Hall–Kier alpha value is -4.72. The predicted octanol–water partition coefficient (Wildman–Crippen LogP) is 3.55. The van der Waals surface area contributed by atoms with Crippen molar-refractivity contribution in [2.24, 2.45) is 0 Å². The molecule has 0 saturated carbocycles. The van der Waals surface area contributed by atoms with Gasteiger partial charge in [-0.3, -0.25) is 24.0 Å². The number of hydrogen-bond donors (Lipinski definition) is 2. The molecule has 1 amide bonds. The second kappa shape index (κ2) is 10.5. The molecule has 0 unspecified atom stereocenters. The number of nitrogens with zero attached hydrogens (tertiary/aromatic N) is 2. The lowest BCUT2D eigenvalue weighted by Crippen LogP contribution is -2.40. The fraction of sp³-hybridized carbons (Fsp3) is 0.0741. The van der Waals surface area contributed by atoms with E-state index in [1.165, 1.54) is 39.8 Å². The first-order valence-corrected chi connectivity index (χ1v) is 10.9. The number of nitrogens with two attached hydrogens (primary N) is 1. The Morgan fingerprint density at radius 3 is 2.26 bits per heavy atom. The number of rotatable bonds is 7. The Morgan fingerprint density at radius 1 is 0.943 bits per heavy atom. The molecule has 0 aliphatic carbocycles. The van der Waals surface area contributed by atoms with E-state index in [1.807, 2.05) is 48.5 Å². The van der Waals surface area contributed by atoms with E-state index in [0.29, 0.717) is 5.56 Å². The number of carbonyl (C=O) groups excluding carboxylic acids is 1. The number of nitrogen functional groups attached to an aromatic ring is 1. The van der Waals surface area contributed by atoms with Gasteiger partial charge >= 0.3 is 5.69 Å². The third kappa shape index (κ3) is 5.62. The number of aromatic nitrogens is 2. The van der Waals surface area contributed by atoms with E-state index in [4.69, 9.17) is 5.73 Å². The van der Waals surface area contributed by atoms with Gasteiger partial charge in [0.15, 0.2) is 5.69 Å². The van der Waals surface area contributed by atoms with Crippen LogP contribution in [0.2, 0.25) is 0 Å². The molecule has 0 aliphatic rings. The first-order valence-electron chi connectivity index (χ1n) is 10.9. The molecule has 3 aromatic carbocycles. The summed E-state index contributed by atoms with van der Waals surface area (Å²) in [6, 6.07) is 24.0. The Balaban J connectivity index is 1.78. The van der Waals surface area contributed by atoms with Crippen LogP contribution < -0.4 is 21.9 Å². The van der Waals surface area contributed by atoms with Crippen molar-refractivity contribution >= 4 is 23.5 Å². The van der Waals surface area contributed by atoms with Gasteiger partial charge in [0, 0.05) is 6.08 Å². The van der Waals surface area contributed by atoms with Crippen molar-refractivity contribution < 1.29 is 9.18 Å². The molecule has 35 heavy (non-hydrogen) atoms. The van der Waals surface area contributed by atoms with Crippen molar-refractivity contribution in [3.63, 3.8) is 0 Å². The molecule has 4 rings (SSSR count). The van der Waals surface area contributed by atoms with Gasteiger partial charge in [-0.25, -0.2) is 9.18 Å². The summed E-state index contributed by atoms with van der Waals surface area (Å²) in [6.45, 7) is 0.145. The van der Waals surface area contributed by atoms with Crippen molar-refractivity contribution in [1.29, 1.82) is 0 Å². The number of benzene rings is 3. The highest BCUT2D eigenvalue weighted by atomic mass is 19.1. The second-order valence-corrected chi connectivity index (χ2v) is 7.86. The van der Waals surface area contributed by atoms with Gasteiger partial charge in [0.2, 0.25) is 0 Å². The first-order chi connectivity index (χ1) is 16.9. The van der Waals surface area contributed by atoms with E-state index >= 15 is 0 Å². The number of carbonyl (C=O) groups is 1. The summed E-state index contributed by atoms with van der Waals surface area (Å²) >= 11 is 0. The molecule has 0 atom stereocenters. The molecule has 3 N–H and O–H groups in total. The fourth-order valence-corrected chi connectivity index (χ4v) is 3.66. The molecule has 7 nitrogen and oxygen atoms in total. The summed E-state index contributed by atoms with van der Waals surface area (Å²) in [5.41, 5.74) is 6.76. The Morgan fingerprint density at radius 2 is 1.60 bits per heavy atom. The van der Waals surface area contributed by atoms with Crippen molar-refractivity contribution in [2.45, 2.75) is 13.1 Å².